The van der Waals surface area contributed by atoms with E-state index < -0.39 is 29.2 Å². The van der Waals surface area contributed by atoms with Gasteiger partial charge in [-0.1, -0.05) is 30.3 Å². The fraction of sp³-hybridized carbons (Fsp3) is 0.263. The van der Waals surface area contributed by atoms with Crippen LogP contribution in [0.2, 0.25) is 0 Å². The first-order chi connectivity index (χ1) is 13.2. The normalized spacial score (nSPS) is 10.9. The zero-order valence-corrected chi connectivity index (χ0v) is 15.5. The van der Waals surface area contributed by atoms with Gasteiger partial charge in [0.1, 0.15) is 6.61 Å². The van der Waals surface area contributed by atoms with Crippen LogP contribution in [0.1, 0.15) is 21.5 Å². The first-order valence-electron chi connectivity index (χ1n) is 8.14. The van der Waals surface area contributed by atoms with Gasteiger partial charge in [0.25, 0.3) is 5.91 Å². The Hall–Kier alpha value is -3.23. The van der Waals surface area contributed by atoms with Crippen LogP contribution in [0.15, 0.2) is 42.5 Å². The SMILES string of the molecule is CNC(=O)N(C)C(=O)c1cc(OCc2ccccc2)c(OC)cc1C(F)(F)F. The number of rotatable bonds is 5. The number of alkyl halides is 3. The fourth-order valence-corrected chi connectivity index (χ4v) is 2.42. The van der Waals surface area contributed by atoms with E-state index in [1.807, 2.05) is 6.07 Å². The summed E-state index contributed by atoms with van der Waals surface area (Å²) >= 11 is 0. The average molecular weight is 396 g/mol. The molecule has 150 valence electrons. The smallest absolute Gasteiger partial charge is 0.417 e. The Morgan fingerprint density at radius 2 is 1.75 bits per heavy atom. The molecule has 0 radical (unpaired) electrons. The van der Waals surface area contributed by atoms with Gasteiger partial charge in [-0.25, -0.2) is 4.79 Å². The molecule has 0 saturated carbocycles. The largest absolute Gasteiger partial charge is 0.493 e. The Kier molecular flexibility index (Phi) is 6.50. The summed E-state index contributed by atoms with van der Waals surface area (Å²) in [5.74, 6) is -1.35. The monoisotopic (exact) mass is 396 g/mol. The summed E-state index contributed by atoms with van der Waals surface area (Å²) in [6, 6.07) is 9.72. The number of nitrogens with one attached hydrogen (secondary N) is 1. The van der Waals surface area contributed by atoms with Crippen molar-refractivity contribution in [3.63, 3.8) is 0 Å². The third-order valence-electron chi connectivity index (χ3n) is 3.90. The van der Waals surface area contributed by atoms with E-state index in [4.69, 9.17) is 9.47 Å². The number of benzene rings is 2. The van der Waals surface area contributed by atoms with Crippen molar-refractivity contribution < 1.29 is 32.2 Å². The maximum atomic E-state index is 13.5. The summed E-state index contributed by atoms with van der Waals surface area (Å²) in [6.45, 7) is 0.0570. The summed E-state index contributed by atoms with van der Waals surface area (Å²) in [4.78, 5) is 24.7. The topological polar surface area (TPSA) is 67.9 Å². The van der Waals surface area contributed by atoms with E-state index in [2.05, 4.69) is 5.32 Å². The third kappa shape index (κ3) is 4.73. The van der Waals surface area contributed by atoms with Crippen molar-refractivity contribution in [1.29, 1.82) is 0 Å². The first kappa shape index (κ1) is 21.1. The first-order valence-corrected chi connectivity index (χ1v) is 8.14. The lowest BCUT2D eigenvalue weighted by molar-refractivity contribution is -0.138. The molecule has 6 nitrogen and oxygen atoms in total. The molecule has 0 aliphatic carbocycles. The molecule has 28 heavy (non-hydrogen) atoms. The molecule has 3 amide bonds. The van der Waals surface area contributed by atoms with Gasteiger partial charge in [-0.2, -0.15) is 13.2 Å². The molecule has 0 aliphatic rings. The van der Waals surface area contributed by atoms with E-state index in [-0.39, 0.29) is 18.1 Å². The van der Waals surface area contributed by atoms with Gasteiger partial charge < -0.3 is 14.8 Å². The highest BCUT2D eigenvalue weighted by molar-refractivity contribution is 6.05. The van der Waals surface area contributed by atoms with E-state index in [1.165, 1.54) is 14.2 Å². The minimum Gasteiger partial charge on any atom is -0.493 e. The molecule has 2 rings (SSSR count). The van der Waals surface area contributed by atoms with Crippen LogP contribution in [0.5, 0.6) is 11.5 Å². The second kappa shape index (κ2) is 8.64. The van der Waals surface area contributed by atoms with Crippen LogP contribution >= 0.6 is 0 Å². The molecule has 0 aliphatic heterocycles. The number of amides is 3. The fourth-order valence-electron chi connectivity index (χ4n) is 2.42. The van der Waals surface area contributed by atoms with Crippen LogP contribution < -0.4 is 14.8 Å². The van der Waals surface area contributed by atoms with E-state index in [0.29, 0.717) is 11.0 Å². The van der Waals surface area contributed by atoms with Gasteiger partial charge >= 0.3 is 12.2 Å². The van der Waals surface area contributed by atoms with Gasteiger partial charge in [-0.05, 0) is 17.7 Å². The molecule has 0 fully saturated rings. The maximum Gasteiger partial charge on any atom is 0.417 e. The molecule has 0 bridgehead atoms. The van der Waals surface area contributed by atoms with Gasteiger partial charge in [0, 0.05) is 14.1 Å². The van der Waals surface area contributed by atoms with Crippen molar-refractivity contribution in [1.82, 2.24) is 10.2 Å². The summed E-state index contributed by atoms with van der Waals surface area (Å²) in [5, 5.41) is 2.19. The number of carbonyl (C=O) groups excluding carboxylic acids is 2. The van der Waals surface area contributed by atoms with Crippen LogP contribution in [-0.4, -0.2) is 38.0 Å². The van der Waals surface area contributed by atoms with E-state index in [9.17, 15) is 22.8 Å². The van der Waals surface area contributed by atoms with Gasteiger partial charge in [-0.3, -0.25) is 9.69 Å². The van der Waals surface area contributed by atoms with Gasteiger partial charge in [-0.15, -0.1) is 0 Å². The molecular weight excluding hydrogens is 377 g/mol. The van der Waals surface area contributed by atoms with Gasteiger partial charge in [0.05, 0.1) is 18.2 Å². The van der Waals surface area contributed by atoms with E-state index in [0.717, 1.165) is 18.7 Å². The highest BCUT2D eigenvalue weighted by atomic mass is 19.4. The van der Waals surface area contributed by atoms with Crippen LogP contribution in [0.4, 0.5) is 18.0 Å². The molecule has 1 N–H and O–H groups in total. The lowest BCUT2D eigenvalue weighted by atomic mass is 10.0. The molecule has 2 aromatic rings. The van der Waals surface area contributed by atoms with Crippen LogP contribution in [0.25, 0.3) is 0 Å². The minimum absolute atomic E-state index is 0.0481. The minimum atomic E-state index is -4.83. The molecular formula is C19H19F3N2O4. The maximum absolute atomic E-state index is 13.5. The molecule has 0 heterocycles. The zero-order valence-electron chi connectivity index (χ0n) is 15.5. The number of hydrogen-bond acceptors (Lipinski definition) is 4. The number of urea groups is 1. The number of methoxy groups -OCH3 is 1. The molecule has 0 saturated heterocycles. The number of imide groups is 1. The second-order valence-electron chi connectivity index (χ2n) is 5.74. The average Bonchev–Trinajstić information content (AvgIpc) is 2.69. The van der Waals surface area contributed by atoms with Crippen LogP contribution in [0.3, 0.4) is 0 Å². The van der Waals surface area contributed by atoms with Gasteiger partial charge in [0.2, 0.25) is 0 Å². The number of halogens is 3. The van der Waals surface area contributed by atoms with Crippen molar-refractivity contribution in [3.8, 4) is 11.5 Å². The Morgan fingerprint density at radius 1 is 1.11 bits per heavy atom. The molecule has 0 unspecified atom stereocenters. The standard InChI is InChI=1S/C19H19F3N2O4/c1-23-18(26)24(2)17(25)13-9-16(28-11-12-7-5-4-6-8-12)15(27-3)10-14(13)19(20,21)22/h4-10H,11H2,1-3H3,(H,23,26). The van der Waals surface area contributed by atoms with Crippen LogP contribution in [0, 0.1) is 0 Å². The number of hydrogen-bond donors (Lipinski definition) is 1. The Labute approximate surface area is 159 Å². The number of ether oxygens (including phenoxy) is 2. The summed E-state index contributed by atoms with van der Waals surface area (Å²) in [7, 11) is 3.54. The van der Waals surface area contributed by atoms with Gasteiger partial charge in [0.15, 0.2) is 11.5 Å². The lowest BCUT2D eigenvalue weighted by Gasteiger charge is -2.20. The Balaban J connectivity index is 2.48. The summed E-state index contributed by atoms with van der Waals surface area (Å²) < 4.78 is 51.0. The van der Waals surface area contributed by atoms with Crippen molar-refractivity contribution in [3.05, 3.63) is 59.2 Å². The predicted molar refractivity (Wildman–Crippen MR) is 95.3 cm³/mol. The predicted octanol–water partition coefficient (Wildman–Crippen LogP) is 3.70. The quantitative estimate of drug-likeness (QED) is 0.837. The van der Waals surface area contributed by atoms with Crippen molar-refractivity contribution in [2.45, 2.75) is 12.8 Å². The number of nitrogens with zero attached hydrogens (tertiary/aromatic N) is 1. The molecule has 0 spiro atoms. The number of carbonyl (C=O) groups is 2. The molecule has 9 heteroatoms. The zero-order chi connectivity index (χ0) is 20.9. The van der Waals surface area contributed by atoms with Crippen LogP contribution in [-0.2, 0) is 12.8 Å². The van der Waals surface area contributed by atoms with E-state index >= 15 is 0 Å². The second-order valence-corrected chi connectivity index (χ2v) is 5.74. The Morgan fingerprint density at radius 3 is 2.29 bits per heavy atom. The summed E-state index contributed by atoms with van der Waals surface area (Å²) in [5.41, 5.74) is -1.17. The Bertz CT molecular complexity index is 854. The highest BCUT2D eigenvalue weighted by Crippen LogP contribution is 2.40. The van der Waals surface area contributed by atoms with Crippen molar-refractivity contribution in [2.75, 3.05) is 21.2 Å². The summed E-state index contributed by atoms with van der Waals surface area (Å²) in [6.07, 6.45) is -4.83. The molecule has 0 atom stereocenters. The molecule has 0 aromatic heterocycles. The third-order valence-corrected chi connectivity index (χ3v) is 3.90. The van der Waals surface area contributed by atoms with Crippen molar-refractivity contribution >= 4 is 11.9 Å². The molecule has 2 aromatic carbocycles. The lowest BCUT2D eigenvalue weighted by Crippen LogP contribution is -2.40. The highest BCUT2D eigenvalue weighted by Gasteiger charge is 2.38. The van der Waals surface area contributed by atoms with E-state index in [1.54, 1.807) is 24.3 Å². The van der Waals surface area contributed by atoms with Crippen molar-refractivity contribution in [2.24, 2.45) is 0 Å².